The van der Waals surface area contributed by atoms with Gasteiger partial charge in [-0.05, 0) is 25.1 Å². The van der Waals surface area contributed by atoms with Crippen LogP contribution in [0.3, 0.4) is 0 Å². The number of benzene rings is 2. The Bertz CT molecular complexity index is 965. The molecule has 1 heterocycles. The third kappa shape index (κ3) is 3.77. The smallest absolute Gasteiger partial charge is 0.255 e. The lowest BCUT2D eigenvalue weighted by Gasteiger charge is -2.08. The van der Waals surface area contributed by atoms with Gasteiger partial charge in [0, 0.05) is 24.2 Å². The highest BCUT2D eigenvalue weighted by Gasteiger charge is 2.14. The van der Waals surface area contributed by atoms with E-state index in [1.807, 2.05) is 31.2 Å². The molecular formula is C18H17N3O3S. The Morgan fingerprint density at radius 2 is 1.96 bits per heavy atom. The third-order valence-corrected chi connectivity index (χ3v) is 4.42. The van der Waals surface area contributed by atoms with E-state index in [0.29, 0.717) is 27.6 Å². The number of ether oxygens (including phenoxy) is 1. The maximum absolute atomic E-state index is 12.4. The van der Waals surface area contributed by atoms with Crippen LogP contribution in [0.2, 0.25) is 0 Å². The van der Waals surface area contributed by atoms with Gasteiger partial charge < -0.3 is 15.4 Å². The van der Waals surface area contributed by atoms with Gasteiger partial charge in [0.2, 0.25) is 5.91 Å². The molecule has 6 nitrogen and oxygen atoms in total. The summed E-state index contributed by atoms with van der Waals surface area (Å²) in [6.45, 7) is 3.36. The summed E-state index contributed by atoms with van der Waals surface area (Å²) in [7, 11) is 1.54. The Hall–Kier alpha value is -2.93. The molecule has 0 fully saturated rings. The molecule has 128 valence electrons. The molecule has 0 bridgehead atoms. The average molecular weight is 355 g/mol. The van der Waals surface area contributed by atoms with Gasteiger partial charge in [-0.25, -0.2) is 4.98 Å². The number of carbonyl (C=O) groups is 2. The van der Waals surface area contributed by atoms with Gasteiger partial charge in [0.25, 0.3) is 5.91 Å². The first kappa shape index (κ1) is 16.9. The monoisotopic (exact) mass is 355 g/mol. The molecule has 1 aromatic heterocycles. The van der Waals surface area contributed by atoms with Crippen molar-refractivity contribution in [2.75, 3.05) is 17.7 Å². The molecule has 0 atom stereocenters. The first-order chi connectivity index (χ1) is 12.0. The van der Waals surface area contributed by atoms with Crippen molar-refractivity contribution >= 4 is 44.2 Å². The van der Waals surface area contributed by atoms with Crippen molar-refractivity contribution in [3.63, 3.8) is 0 Å². The lowest BCUT2D eigenvalue weighted by atomic mass is 10.1. The van der Waals surface area contributed by atoms with Gasteiger partial charge in [-0.15, -0.1) is 0 Å². The molecule has 7 heteroatoms. The van der Waals surface area contributed by atoms with Crippen molar-refractivity contribution in [2.45, 2.75) is 13.8 Å². The van der Waals surface area contributed by atoms with Crippen molar-refractivity contribution in [1.82, 2.24) is 4.98 Å². The number of rotatable bonds is 4. The summed E-state index contributed by atoms with van der Waals surface area (Å²) in [5, 5.41) is 6.03. The van der Waals surface area contributed by atoms with Gasteiger partial charge in [-0.3, -0.25) is 9.59 Å². The van der Waals surface area contributed by atoms with Crippen LogP contribution in [-0.2, 0) is 4.79 Å². The molecule has 2 amide bonds. The fourth-order valence-electron chi connectivity index (χ4n) is 2.42. The second kappa shape index (κ2) is 6.90. The minimum absolute atomic E-state index is 0.189. The van der Waals surface area contributed by atoms with E-state index in [1.165, 1.54) is 18.3 Å². The number of hydrogen-bond acceptors (Lipinski definition) is 5. The summed E-state index contributed by atoms with van der Waals surface area (Å²) >= 11 is 1.32. The summed E-state index contributed by atoms with van der Waals surface area (Å²) in [6, 6.07) is 10.9. The fourth-order valence-corrected chi connectivity index (χ4v) is 3.39. The molecule has 0 radical (unpaired) electrons. The number of aryl methyl sites for hydroxylation is 1. The number of carbonyl (C=O) groups excluding carboxylic acids is 2. The average Bonchev–Trinajstić information content (AvgIpc) is 2.95. The minimum atomic E-state index is -0.197. The Balaban J connectivity index is 1.93. The van der Waals surface area contributed by atoms with Crippen LogP contribution in [0.5, 0.6) is 5.75 Å². The topological polar surface area (TPSA) is 80.3 Å². The lowest BCUT2D eigenvalue weighted by Crippen LogP contribution is -2.12. The first-order valence-electron chi connectivity index (χ1n) is 7.60. The number of methoxy groups -OCH3 is 1. The maximum Gasteiger partial charge on any atom is 0.255 e. The van der Waals surface area contributed by atoms with Crippen molar-refractivity contribution in [2.24, 2.45) is 0 Å². The highest BCUT2D eigenvalue weighted by molar-refractivity contribution is 7.22. The maximum atomic E-state index is 12.4. The SMILES string of the molecule is COc1cc(NC(=O)c2cccc(C)c2)cc2sc(NC(C)=O)nc12. The number of nitrogens with one attached hydrogen (secondary N) is 2. The standard InChI is InChI=1S/C18H17N3O3S/c1-10-5-4-6-12(7-10)17(23)20-13-8-14(24-3)16-15(9-13)25-18(21-16)19-11(2)22/h4-9H,1-3H3,(H,20,23)(H,19,21,22). The van der Waals surface area contributed by atoms with Gasteiger partial charge in [0.05, 0.1) is 11.8 Å². The van der Waals surface area contributed by atoms with Crippen molar-refractivity contribution in [3.05, 3.63) is 47.5 Å². The van der Waals surface area contributed by atoms with Crippen LogP contribution in [0, 0.1) is 6.92 Å². The lowest BCUT2D eigenvalue weighted by molar-refractivity contribution is -0.114. The van der Waals surface area contributed by atoms with Crippen molar-refractivity contribution in [3.8, 4) is 5.75 Å². The van der Waals surface area contributed by atoms with E-state index in [-0.39, 0.29) is 11.8 Å². The van der Waals surface area contributed by atoms with E-state index < -0.39 is 0 Å². The second-order valence-corrected chi connectivity index (χ2v) is 6.58. The van der Waals surface area contributed by atoms with Crippen LogP contribution in [0.25, 0.3) is 10.2 Å². The highest BCUT2D eigenvalue weighted by atomic mass is 32.1. The van der Waals surface area contributed by atoms with Gasteiger partial charge in [0.1, 0.15) is 11.3 Å². The predicted molar refractivity (Wildman–Crippen MR) is 99.6 cm³/mol. The molecule has 0 spiro atoms. The Morgan fingerprint density at radius 3 is 2.64 bits per heavy atom. The first-order valence-corrected chi connectivity index (χ1v) is 8.42. The molecule has 0 aliphatic rings. The minimum Gasteiger partial charge on any atom is -0.494 e. The third-order valence-electron chi connectivity index (χ3n) is 3.50. The largest absolute Gasteiger partial charge is 0.494 e. The Morgan fingerprint density at radius 1 is 1.16 bits per heavy atom. The van der Waals surface area contributed by atoms with Crippen LogP contribution in [0.4, 0.5) is 10.8 Å². The van der Waals surface area contributed by atoms with Crippen LogP contribution in [-0.4, -0.2) is 23.9 Å². The van der Waals surface area contributed by atoms with Crippen molar-refractivity contribution in [1.29, 1.82) is 0 Å². The molecule has 0 aliphatic heterocycles. The summed E-state index contributed by atoms with van der Waals surface area (Å²) in [6.07, 6.45) is 0. The van der Waals surface area contributed by atoms with Gasteiger partial charge in [-0.1, -0.05) is 29.0 Å². The van der Waals surface area contributed by atoms with Gasteiger partial charge in [-0.2, -0.15) is 0 Å². The van der Waals surface area contributed by atoms with E-state index in [2.05, 4.69) is 15.6 Å². The second-order valence-electron chi connectivity index (χ2n) is 5.55. The number of hydrogen-bond donors (Lipinski definition) is 2. The predicted octanol–water partition coefficient (Wildman–Crippen LogP) is 3.82. The highest BCUT2D eigenvalue weighted by Crippen LogP contribution is 2.35. The molecular weight excluding hydrogens is 338 g/mol. The molecule has 2 aromatic carbocycles. The number of nitrogens with zero attached hydrogens (tertiary/aromatic N) is 1. The molecule has 0 saturated carbocycles. The molecule has 0 unspecified atom stereocenters. The zero-order valence-corrected chi connectivity index (χ0v) is 14.9. The van der Waals surface area contributed by atoms with Crippen LogP contribution in [0.15, 0.2) is 36.4 Å². The zero-order valence-electron chi connectivity index (χ0n) is 14.0. The number of fused-ring (bicyclic) bond motifs is 1. The number of amides is 2. The van der Waals surface area contributed by atoms with Crippen LogP contribution in [0.1, 0.15) is 22.8 Å². The van der Waals surface area contributed by atoms with E-state index in [9.17, 15) is 9.59 Å². The summed E-state index contributed by atoms with van der Waals surface area (Å²) < 4.78 is 6.18. The van der Waals surface area contributed by atoms with Gasteiger partial charge in [0.15, 0.2) is 5.13 Å². The quantitative estimate of drug-likeness (QED) is 0.745. The zero-order chi connectivity index (χ0) is 18.0. The number of aromatic nitrogens is 1. The molecule has 0 saturated heterocycles. The molecule has 0 aliphatic carbocycles. The molecule has 25 heavy (non-hydrogen) atoms. The number of thiazole rings is 1. The Kier molecular flexibility index (Phi) is 4.67. The van der Waals surface area contributed by atoms with Gasteiger partial charge >= 0.3 is 0 Å². The molecule has 3 aromatic rings. The Labute approximate surface area is 148 Å². The molecule has 3 rings (SSSR count). The number of anilines is 2. The summed E-state index contributed by atoms with van der Waals surface area (Å²) in [5.74, 6) is 0.146. The van der Waals surface area contributed by atoms with Crippen molar-refractivity contribution < 1.29 is 14.3 Å². The van der Waals surface area contributed by atoms with E-state index in [0.717, 1.165) is 10.3 Å². The summed E-state index contributed by atoms with van der Waals surface area (Å²) in [5.41, 5.74) is 2.85. The van der Waals surface area contributed by atoms with E-state index in [1.54, 1.807) is 19.2 Å². The van der Waals surface area contributed by atoms with E-state index in [4.69, 9.17) is 4.74 Å². The van der Waals surface area contributed by atoms with E-state index >= 15 is 0 Å². The van der Waals surface area contributed by atoms with Crippen LogP contribution >= 0.6 is 11.3 Å². The normalized spacial score (nSPS) is 10.5. The molecule has 2 N–H and O–H groups in total. The fraction of sp³-hybridized carbons (Fsp3) is 0.167. The van der Waals surface area contributed by atoms with Crippen LogP contribution < -0.4 is 15.4 Å². The summed E-state index contributed by atoms with van der Waals surface area (Å²) in [4.78, 5) is 28.0.